The monoisotopic (exact) mass is 280 g/mol. The van der Waals surface area contributed by atoms with Crippen molar-refractivity contribution >= 4 is 5.69 Å². The first kappa shape index (κ1) is 16.6. The van der Waals surface area contributed by atoms with Gasteiger partial charge in [0.25, 0.3) is 5.69 Å². The van der Waals surface area contributed by atoms with E-state index in [2.05, 4.69) is 19.2 Å². The van der Waals surface area contributed by atoms with Crippen LogP contribution >= 0.6 is 0 Å². The number of benzene rings is 1. The molecule has 112 valence electrons. The first-order valence-electron chi connectivity index (χ1n) is 6.79. The fourth-order valence-electron chi connectivity index (χ4n) is 1.97. The Bertz CT molecular complexity index is 458. The molecule has 0 aromatic heterocycles. The lowest BCUT2D eigenvalue weighted by Crippen LogP contribution is -2.30. The lowest BCUT2D eigenvalue weighted by Gasteiger charge is -2.24. The molecule has 1 aromatic rings. The summed E-state index contributed by atoms with van der Waals surface area (Å²) in [5, 5.41) is 14.3. The Hall–Kier alpha value is -1.46. The van der Waals surface area contributed by atoms with E-state index in [0.29, 0.717) is 12.1 Å². The Labute approximate surface area is 120 Å². The van der Waals surface area contributed by atoms with Gasteiger partial charge in [0.2, 0.25) is 0 Å². The lowest BCUT2D eigenvalue weighted by atomic mass is 9.89. The molecule has 0 saturated heterocycles. The standard InChI is InChI=1S/C15H24N2O3/c1-12-5-6-13(9-14(12)17(18)19)10-16-11-15(2,3)7-8-20-4/h5-6,9,16H,7-8,10-11H2,1-4H3. The molecule has 0 atom stereocenters. The van der Waals surface area contributed by atoms with E-state index in [1.165, 1.54) is 0 Å². The third-order valence-electron chi connectivity index (χ3n) is 3.39. The van der Waals surface area contributed by atoms with Crippen molar-refractivity contribution in [2.45, 2.75) is 33.7 Å². The lowest BCUT2D eigenvalue weighted by molar-refractivity contribution is -0.385. The van der Waals surface area contributed by atoms with Gasteiger partial charge in [-0.15, -0.1) is 0 Å². The maximum absolute atomic E-state index is 10.9. The zero-order valence-corrected chi connectivity index (χ0v) is 12.7. The SMILES string of the molecule is COCCC(C)(C)CNCc1ccc(C)c([N+](=O)[O-])c1. The van der Waals surface area contributed by atoms with Gasteiger partial charge in [-0.3, -0.25) is 10.1 Å². The fraction of sp³-hybridized carbons (Fsp3) is 0.600. The molecule has 1 rings (SSSR count). The van der Waals surface area contributed by atoms with Gasteiger partial charge in [-0.2, -0.15) is 0 Å². The Morgan fingerprint density at radius 1 is 1.40 bits per heavy atom. The van der Waals surface area contributed by atoms with Gasteiger partial charge in [0.15, 0.2) is 0 Å². The summed E-state index contributed by atoms with van der Waals surface area (Å²) in [5.41, 5.74) is 1.96. The van der Waals surface area contributed by atoms with Crippen LogP contribution in [0.25, 0.3) is 0 Å². The molecule has 0 heterocycles. The van der Waals surface area contributed by atoms with Gasteiger partial charge >= 0.3 is 0 Å². The van der Waals surface area contributed by atoms with E-state index in [1.807, 2.05) is 6.07 Å². The first-order chi connectivity index (χ1) is 9.35. The van der Waals surface area contributed by atoms with Gasteiger partial charge in [-0.1, -0.05) is 26.0 Å². The third kappa shape index (κ3) is 5.27. The van der Waals surface area contributed by atoms with Crippen molar-refractivity contribution in [1.82, 2.24) is 5.32 Å². The summed E-state index contributed by atoms with van der Waals surface area (Å²) < 4.78 is 5.09. The van der Waals surface area contributed by atoms with Gasteiger partial charge in [0, 0.05) is 38.4 Å². The second-order valence-corrected chi connectivity index (χ2v) is 5.89. The number of ether oxygens (including phenoxy) is 1. The minimum Gasteiger partial charge on any atom is -0.385 e. The van der Waals surface area contributed by atoms with Crippen molar-refractivity contribution in [3.63, 3.8) is 0 Å². The summed E-state index contributed by atoms with van der Waals surface area (Å²) in [7, 11) is 1.70. The molecule has 0 unspecified atom stereocenters. The topological polar surface area (TPSA) is 64.4 Å². The van der Waals surface area contributed by atoms with Gasteiger partial charge in [-0.05, 0) is 24.3 Å². The van der Waals surface area contributed by atoms with Crippen molar-refractivity contribution < 1.29 is 9.66 Å². The number of methoxy groups -OCH3 is 1. The Morgan fingerprint density at radius 2 is 2.10 bits per heavy atom. The zero-order valence-electron chi connectivity index (χ0n) is 12.7. The Morgan fingerprint density at radius 3 is 2.70 bits per heavy atom. The third-order valence-corrected chi connectivity index (χ3v) is 3.39. The van der Waals surface area contributed by atoms with Crippen LogP contribution < -0.4 is 5.32 Å². The molecule has 0 spiro atoms. The van der Waals surface area contributed by atoms with E-state index >= 15 is 0 Å². The summed E-state index contributed by atoms with van der Waals surface area (Å²) in [6.45, 7) is 8.33. The van der Waals surface area contributed by atoms with Crippen molar-refractivity contribution in [3.8, 4) is 0 Å². The van der Waals surface area contributed by atoms with Crippen molar-refractivity contribution in [2.24, 2.45) is 5.41 Å². The molecule has 0 saturated carbocycles. The van der Waals surface area contributed by atoms with Crippen LogP contribution in [-0.4, -0.2) is 25.2 Å². The molecule has 0 aliphatic heterocycles. The molecular weight excluding hydrogens is 256 g/mol. The van der Waals surface area contributed by atoms with E-state index in [0.717, 1.165) is 25.1 Å². The molecule has 1 aromatic carbocycles. The number of nitro groups is 1. The number of hydrogen-bond donors (Lipinski definition) is 1. The smallest absolute Gasteiger partial charge is 0.272 e. The van der Waals surface area contributed by atoms with Gasteiger partial charge < -0.3 is 10.1 Å². The molecule has 20 heavy (non-hydrogen) atoms. The molecule has 5 heteroatoms. The predicted octanol–water partition coefficient (Wildman–Crippen LogP) is 3.06. The van der Waals surface area contributed by atoms with Gasteiger partial charge in [0.1, 0.15) is 0 Å². The average Bonchev–Trinajstić information content (AvgIpc) is 2.38. The predicted molar refractivity (Wildman–Crippen MR) is 79.8 cm³/mol. The van der Waals surface area contributed by atoms with Gasteiger partial charge in [-0.25, -0.2) is 0 Å². The first-order valence-corrected chi connectivity index (χ1v) is 6.79. The molecule has 0 bridgehead atoms. The minimum atomic E-state index is -0.332. The van der Waals surface area contributed by atoms with Crippen LogP contribution in [0.3, 0.4) is 0 Å². The number of nitrogens with one attached hydrogen (secondary N) is 1. The fourth-order valence-corrected chi connectivity index (χ4v) is 1.97. The van der Waals surface area contributed by atoms with Crippen molar-refractivity contribution in [2.75, 3.05) is 20.3 Å². The summed E-state index contributed by atoms with van der Waals surface area (Å²) in [5.74, 6) is 0. The van der Waals surface area contributed by atoms with Gasteiger partial charge in [0.05, 0.1) is 4.92 Å². The van der Waals surface area contributed by atoms with Crippen LogP contribution in [-0.2, 0) is 11.3 Å². The molecule has 0 fully saturated rings. The quantitative estimate of drug-likeness (QED) is 0.587. The van der Waals surface area contributed by atoms with E-state index < -0.39 is 0 Å². The van der Waals surface area contributed by atoms with Crippen molar-refractivity contribution in [3.05, 3.63) is 39.4 Å². The normalized spacial score (nSPS) is 11.6. The zero-order chi connectivity index (χ0) is 15.2. The molecule has 0 aliphatic rings. The van der Waals surface area contributed by atoms with Crippen LogP contribution in [0.2, 0.25) is 0 Å². The Kier molecular flexibility index (Phi) is 6.10. The molecule has 5 nitrogen and oxygen atoms in total. The van der Waals surface area contributed by atoms with Crippen LogP contribution in [0.1, 0.15) is 31.4 Å². The molecule has 1 N–H and O–H groups in total. The van der Waals surface area contributed by atoms with E-state index in [1.54, 1.807) is 26.2 Å². The van der Waals surface area contributed by atoms with Crippen molar-refractivity contribution in [1.29, 1.82) is 0 Å². The number of rotatable bonds is 8. The highest BCUT2D eigenvalue weighted by Crippen LogP contribution is 2.21. The minimum absolute atomic E-state index is 0.145. The van der Waals surface area contributed by atoms with Crippen LogP contribution in [0, 0.1) is 22.5 Å². The molecule has 0 amide bonds. The summed E-state index contributed by atoms with van der Waals surface area (Å²) in [6.07, 6.45) is 0.977. The second-order valence-electron chi connectivity index (χ2n) is 5.89. The summed E-state index contributed by atoms with van der Waals surface area (Å²) in [4.78, 5) is 10.6. The van der Waals surface area contributed by atoms with Crippen LogP contribution in [0.15, 0.2) is 18.2 Å². The maximum atomic E-state index is 10.9. The highest BCUT2D eigenvalue weighted by Gasteiger charge is 2.17. The van der Waals surface area contributed by atoms with Crippen LogP contribution in [0.4, 0.5) is 5.69 Å². The summed E-state index contributed by atoms with van der Waals surface area (Å²) >= 11 is 0. The molecule has 0 radical (unpaired) electrons. The summed E-state index contributed by atoms with van der Waals surface area (Å²) in [6, 6.07) is 5.37. The number of nitrogens with zero attached hydrogens (tertiary/aromatic N) is 1. The number of aryl methyl sites for hydroxylation is 1. The Balaban J connectivity index is 2.54. The maximum Gasteiger partial charge on any atom is 0.272 e. The largest absolute Gasteiger partial charge is 0.385 e. The second kappa shape index (κ2) is 7.36. The highest BCUT2D eigenvalue weighted by atomic mass is 16.6. The van der Waals surface area contributed by atoms with E-state index in [9.17, 15) is 10.1 Å². The van der Waals surface area contributed by atoms with Crippen LogP contribution in [0.5, 0.6) is 0 Å². The molecular formula is C15H24N2O3. The number of hydrogen-bond acceptors (Lipinski definition) is 4. The molecule has 0 aliphatic carbocycles. The van der Waals surface area contributed by atoms with E-state index in [-0.39, 0.29) is 16.0 Å². The van der Waals surface area contributed by atoms with E-state index in [4.69, 9.17) is 4.74 Å². The highest BCUT2D eigenvalue weighted by molar-refractivity contribution is 5.42. The number of nitro benzene ring substituents is 1. The average molecular weight is 280 g/mol.